The fraction of sp³-hybridized carbons (Fsp3) is 0.429. The Morgan fingerprint density at radius 2 is 1.83 bits per heavy atom. The Morgan fingerprint density at radius 3 is 2.49 bits per heavy atom. The SMILES string of the molecule is CC(C)(C)C(=O)N(Cc1nn(-c2ccc(Cl)cc2)c2c1CN(Cc1cccc(Cl)c1)CC2)C1CC1. The zero-order chi connectivity index (χ0) is 24.7. The zero-order valence-corrected chi connectivity index (χ0v) is 22.1. The van der Waals surface area contributed by atoms with Gasteiger partial charge in [0.25, 0.3) is 0 Å². The van der Waals surface area contributed by atoms with Crippen LogP contribution in [0.1, 0.15) is 56.1 Å². The Kier molecular flexibility index (Phi) is 6.69. The number of benzene rings is 2. The highest BCUT2D eigenvalue weighted by Crippen LogP contribution is 2.34. The molecule has 0 spiro atoms. The van der Waals surface area contributed by atoms with E-state index >= 15 is 0 Å². The first-order chi connectivity index (χ1) is 16.7. The molecule has 1 aromatic heterocycles. The maximum atomic E-state index is 13.3. The van der Waals surface area contributed by atoms with Crippen molar-refractivity contribution in [2.75, 3.05) is 6.54 Å². The largest absolute Gasteiger partial charge is 0.333 e. The minimum atomic E-state index is -0.417. The molecule has 1 aliphatic carbocycles. The van der Waals surface area contributed by atoms with Crippen LogP contribution in [-0.2, 0) is 30.8 Å². The van der Waals surface area contributed by atoms with Crippen LogP contribution >= 0.6 is 23.2 Å². The van der Waals surface area contributed by atoms with Crippen molar-refractivity contribution >= 4 is 29.1 Å². The van der Waals surface area contributed by atoms with Crippen molar-refractivity contribution in [3.63, 3.8) is 0 Å². The molecule has 2 aromatic carbocycles. The molecule has 0 N–H and O–H groups in total. The number of rotatable bonds is 6. The summed E-state index contributed by atoms with van der Waals surface area (Å²) in [5, 5.41) is 6.56. The molecule has 0 radical (unpaired) electrons. The monoisotopic (exact) mass is 510 g/mol. The summed E-state index contributed by atoms with van der Waals surface area (Å²) in [4.78, 5) is 17.8. The number of carbonyl (C=O) groups excluding carboxylic acids is 1. The first kappa shape index (κ1) is 24.4. The molecule has 2 heterocycles. The van der Waals surface area contributed by atoms with E-state index in [9.17, 15) is 4.79 Å². The van der Waals surface area contributed by atoms with Crippen LogP contribution in [0.3, 0.4) is 0 Å². The molecule has 1 aliphatic heterocycles. The van der Waals surface area contributed by atoms with Gasteiger partial charge in [-0.05, 0) is 54.8 Å². The Morgan fingerprint density at radius 1 is 1.09 bits per heavy atom. The van der Waals surface area contributed by atoms with Gasteiger partial charge in [0.2, 0.25) is 5.91 Å². The lowest BCUT2D eigenvalue weighted by molar-refractivity contribution is -0.140. The molecule has 35 heavy (non-hydrogen) atoms. The number of fused-ring (bicyclic) bond motifs is 1. The minimum absolute atomic E-state index is 0.196. The topological polar surface area (TPSA) is 41.4 Å². The molecule has 1 amide bonds. The smallest absolute Gasteiger partial charge is 0.228 e. The second-order valence-electron chi connectivity index (χ2n) is 10.8. The number of hydrogen-bond donors (Lipinski definition) is 0. The third-order valence-corrected chi connectivity index (χ3v) is 7.28. The summed E-state index contributed by atoms with van der Waals surface area (Å²) in [6, 6.07) is 16.2. The lowest BCUT2D eigenvalue weighted by atomic mass is 9.94. The van der Waals surface area contributed by atoms with Gasteiger partial charge in [-0.3, -0.25) is 9.69 Å². The summed E-state index contributed by atoms with van der Waals surface area (Å²) in [6.45, 7) is 9.11. The van der Waals surface area contributed by atoms with Crippen molar-refractivity contribution in [1.29, 1.82) is 0 Å². The van der Waals surface area contributed by atoms with Crippen molar-refractivity contribution in [1.82, 2.24) is 19.6 Å². The summed E-state index contributed by atoms with van der Waals surface area (Å²) in [6.07, 6.45) is 3.04. The maximum absolute atomic E-state index is 13.3. The molecule has 1 fully saturated rings. The van der Waals surface area contributed by atoms with Gasteiger partial charge in [0, 0.05) is 53.1 Å². The van der Waals surface area contributed by atoms with E-state index in [1.807, 2.05) is 63.2 Å². The molecule has 184 valence electrons. The first-order valence-corrected chi connectivity index (χ1v) is 13.1. The first-order valence-electron chi connectivity index (χ1n) is 12.3. The number of carbonyl (C=O) groups is 1. The minimum Gasteiger partial charge on any atom is -0.333 e. The highest BCUT2D eigenvalue weighted by atomic mass is 35.5. The van der Waals surface area contributed by atoms with Crippen LogP contribution in [0.5, 0.6) is 0 Å². The van der Waals surface area contributed by atoms with Crippen molar-refractivity contribution < 1.29 is 4.79 Å². The van der Waals surface area contributed by atoms with Crippen molar-refractivity contribution in [3.05, 3.63) is 81.1 Å². The Hall–Kier alpha value is -2.34. The second-order valence-corrected chi connectivity index (χ2v) is 11.6. The van der Waals surface area contributed by atoms with E-state index in [4.69, 9.17) is 28.3 Å². The zero-order valence-electron chi connectivity index (χ0n) is 20.6. The fourth-order valence-electron chi connectivity index (χ4n) is 4.84. The average Bonchev–Trinajstić information content (AvgIpc) is 3.59. The molecule has 5 nitrogen and oxygen atoms in total. The molecule has 7 heteroatoms. The van der Waals surface area contributed by atoms with Crippen LogP contribution in [0.2, 0.25) is 10.0 Å². The number of hydrogen-bond acceptors (Lipinski definition) is 3. The van der Waals surface area contributed by atoms with Gasteiger partial charge in [-0.1, -0.05) is 56.1 Å². The van der Waals surface area contributed by atoms with Crippen LogP contribution in [0.15, 0.2) is 48.5 Å². The third-order valence-electron chi connectivity index (χ3n) is 6.80. The van der Waals surface area contributed by atoms with E-state index in [2.05, 4.69) is 20.5 Å². The molecule has 1 saturated carbocycles. The predicted octanol–water partition coefficient (Wildman–Crippen LogP) is 6.27. The fourth-order valence-corrected chi connectivity index (χ4v) is 5.18. The molecular formula is C28H32Cl2N4O. The van der Waals surface area contributed by atoms with E-state index in [1.165, 1.54) is 16.8 Å². The lowest BCUT2D eigenvalue weighted by Gasteiger charge is -2.31. The normalized spacial score (nSPS) is 16.3. The quantitative estimate of drug-likeness (QED) is 0.392. The van der Waals surface area contributed by atoms with E-state index in [0.717, 1.165) is 55.3 Å². The van der Waals surface area contributed by atoms with Gasteiger partial charge in [0.1, 0.15) is 0 Å². The Bertz CT molecular complexity index is 1220. The Labute approximate surface area is 217 Å². The second kappa shape index (κ2) is 9.61. The molecular weight excluding hydrogens is 479 g/mol. The molecule has 2 aliphatic rings. The number of amides is 1. The molecule has 0 atom stereocenters. The van der Waals surface area contributed by atoms with Crippen molar-refractivity contribution in [2.24, 2.45) is 5.41 Å². The van der Waals surface area contributed by atoms with Gasteiger partial charge in [0.15, 0.2) is 0 Å². The average molecular weight is 511 g/mol. The van der Waals surface area contributed by atoms with Crippen LogP contribution < -0.4 is 0 Å². The van der Waals surface area contributed by atoms with E-state index < -0.39 is 5.41 Å². The van der Waals surface area contributed by atoms with E-state index in [0.29, 0.717) is 17.6 Å². The lowest BCUT2D eigenvalue weighted by Crippen LogP contribution is -2.41. The molecule has 0 unspecified atom stereocenters. The maximum Gasteiger partial charge on any atom is 0.228 e. The third kappa shape index (κ3) is 5.42. The van der Waals surface area contributed by atoms with Crippen LogP contribution in [0.25, 0.3) is 5.69 Å². The van der Waals surface area contributed by atoms with Gasteiger partial charge in [-0.15, -0.1) is 0 Å². The standard InChI is InChI=1S/C28H32Cl2N4O/c1-28(2,3)27(35)33(22-11-12-22)18-25-24-17-32(16-19-5-4-6-21(30)15-19)14-13-26(24)34(31-25)23-9-7-20(29)8-10-23/h4-10,15,22H,11-14,16-18H2,1-3H3. The van der Waals surface area contributed by atoms with Crippen LogP contribution in [-0.4, -0.2) is 38.1 Å². The Balaban J connectivity index is 1.49. The summed E-state index contributed by atoms with van der Waals surface area (Å²) in [5.74, 6) is 0.196. The van der Waals surface area contributed by atoms with Gasteiger partial charge < -0.3 is 4.90 Å². The van der Waals surface area contributed by atoms with Crippen LogP contribution in [0.4, 0.5) is 0 Å². The molecule has 0 bridgehead atoms. The summed E-state index contributed by atoms with van der Waals surface area (Å²) >= 11 is 12.4. The van der Waals surface area contributed by atoms with Crippen LogP contribution in [0, 0.1) is 5.41 Å². The van der Waals surface area contributed by atoms with E-state index in [-0.39, 0.29) is 5.91 Å². The van der Waals surface area contributed by atoms with Gasteiger partial charge in [0.05, 0.1) is 23.6 Å². The number of halogens is 2. The number of nitrogens with zero attached hydrogens (tertiary/aromatic N) is 4. The number of aromatic nitrogens is 2. The summed E-state index contributed by atoms with van der Waals surface area (Å²) < 4.78 is 2.06. The van der Waals surface area contributed by atoms with Gasteiger partial charge in [-0.2, -0.15) is 5.10 Å². The molecule has 3 aromatic rings. The summed E-state index contributed by atoms with van der Waals surface area (Å²) in [5.41, 5.74) is 5.25. The van der Waals surface area contributed by atoms with Crippen molar-refractivity contribution in [2.45, 2.75) is 65.7 Å². The predicted molar refractivity (Wildman–Crippen MR) is 141 cm³/mol. The van der Waals surface area contributed by atoms with E-state index in [1.54, 1.807) is 0 Å². The van der Waals surface area contributed by atoms with Gasteiger partial charge >= 0.3 is 0 Å². The van der Waals surface area contributed by atoms with Gasteiger partial charge in [-0.25, -0.2) is 4.68 Å². The van der Waals surface area contributed by atoms with Crippen molar-refractivity contribution in [3.8, 4) is 5.69 Å². The highest BCUT2D eigenvalue weighted by Gasteiger charge is 2.39. The molecule has 0 saturated heterocycles. The highest BCUT2D eigenvalue weighted by molar-refractivity contribution is 6.30. The molecule has 5 rings (SSSR count). The summed E-state index contributed by atoms with van der Waals surface area (Å²) in [7, 11) is 0.